The lowest BCUT2D eigenvalue weighted by atomic mass is 9.97. The van der Waals surface area contributed by atoms with Crippen LogP contribution in [0.3, 0.4) is 0 Å². The van der Waals surface area contributed by atoms with Crippen molar-refractivity contribution in [3.05, 3.63) is 82.9 Å². The molecule has 1 aliphatic carbocycles. The van der Waals surface area contributed by atoms with Crippen LogP contribution in [0.25, 0.3) is 0 Å². The predicted octanol–water partition coefficient (Wildman–Crippen LogP) is 6.81. The van der Waals surface area contributed by atoms with Gasteiger partial charge in [-0.15, -0.1) is 0 Å². The number of carbonyl (C=O) groups is 2. The third kappa shape index (κ3) is 10.2. The zero-order valence-corrected chi connectivity index (χ0v) is 26.2. The molecule has 2 fully saturated rings. The van der Waals surface area contributed by atoms with Crippen LogP contribution in [0, 0.1) is 5.82 Å². The van der Waals surface area contributed by atoms with Crippen LogP contribution in [-0.4, -0.2) is 84.5 Å². The van der Waals surface area contributed by atoms with Gasteiger partial charge in [0.25, 0.3) is 0 Å². The van der Waals surface area contributed by atoms with Crippen LogP contribution in [0.1, 0.15) is 52.6 Å². The Kier molecular flexibility index (Phi) is 11.7. The number of halogens is 2. The molecule has 2 atom stereocenters. The molecule has 8 nitrogen and oxygen atoms in total. The van der Waals surface area contributed by atoms with Crippen molar-refractivity contribution in [3.8, 4) is 0 Å². The van der Waals surface area contributed by atoms with Gasteiger partial charge in [0, 0.05) is 44.2 Å². The molecule has 0 aromatic heterocycles. The lowest BCUT2D eigenvalue weighted by Crippen LogP contribution is -2.48. The molecule has 230 valence electrons. The van der Waals surface area contributed by atoms with Crippen molar-refractivity contribution in [2.24, 2.45) is 0 Å². The number of hydrogen-bond acceptors (Lipinski definition) is 6. The van der Waals surface area contributed by atoms with Crippen molar-refractivity contribution in [1.29, 1.82) is 0 Å². The molecule has 3 aliphatic rings. The Hall–Kier alpha value is -3.30. The fourth-order valence-electron chi connectivity index (χ4n) is 4.47. The number of allylic oxidation sites excluding steroid dienone is 4. The number of cyclic esters (lactones) is 1. The van der Waals surface area contributed by atoms with Gasteiger partial charge in [0.05, 0.1) is 6.04 Å². The smallest absolute Gasteiger partial charge is 0.410 e. The van der Waals surface area contributed by atoms with E-state index < -0.39 is 11.7 Å². The fraction of sp³-hybridized carbons (Fsp3) is 0.500. The first-order chi connectivity index (χ1) is 19.8. The maximum Gasteiger partial charge on any atom is 0.410 e. The van der Waals surface area contributed by atoms with Gasteiger partial charge in [0.15, 0.2) is 0 Å². The van der Waals surface area contributed by atoms with Gasteiger partial charge in [-0.25, -0.2) is 14.0 Å². The minimum absolute atomic E-state index is 0.189. The number of carbonyl (C=O) groups excluding carboxylic acids is 2. The van der Waals surface area contributed by atoms with E-state index in [0.29, 0.717) is 29.3 Å². The zero-order chi connectivity index (χ0) is 30.9. The first-order valence-corrected chi connectivity index (χ1v) is 14.6. The van der Waals surface area contributed by atoms with Crippen LogP contribution in [0.5, 0.6) is 0 Å². The van der Waals surface area contributed by atoms with E-state index in [1.165, 1.54) is 12.1 Å². The number of piperazine rings is 1. The van der Waals surface area contributed by atoms with Crippen LogP contribution in [0.4, 0.5) is 14.0 Å². The molecule has 4 rings (SSSR count). The number of likely N-dealkylation sites (N-methyl/N-ethyl adjacent to an activating group) is 1. The average molecular weight is 604 g/mol. The first-order valence-electron chi connectivity index (χ1n) is 14.2. The summed E-state index contributed by atoms with van der Waals surface area (Å²) in [5, 5.41) is 0.703. The highest BCUT2D eigenvalue weighted by Crippen LogP contribution is 2.30. The summed E-state index contributed by atoms with van der Waals surface area (Å²) in [6.07, 6.45) is 11.3. The summed E-state index contributed by atoms with van der Waals surface area (Å²) in [7, 11) is 2.06. The van der Waals surface area contributed by atoms with Crippen LogP contribution in [-0.2, 0) is 14.2 Å². The van der Waals surface area contributed by atoms with Gasteiger partial charge >= 0.3 is 12.2 Å². The van der Waals surface area contributed by atoms with Gasteiger partial charge in [0.1, 0.15) is 29.4 Å². The van der Waals surface area contributed by atoms with Crippen LogP contribution >= 0.6 is 11.6 Å². The van der Waals surface area contributed by atoms with Gasteiger partial charge in [0.2, 0.25) is 0 Å². The maximum absolute atomic E-state index is 13.5. The van der Waals surface area contributed by atoms with E-state index >= 15 is 0 Å². The molecule has 0 N–H and O–H groups in total. The van der Waals surface area contributed by atoms with Crippen molar-refractivity contribution in [3.63, 3.8) is 0 Å². The SMILES string of the molecule is C/C=C(\C=C/CN1C(=O)OC[C@@H]1c1cccc(F)c1)OC1(C)C=CC(Cl)=CC1.CN1CCN(C(=O)OC(C)(C)C)CC1. The van der Waals surface area contributed by atoms with Crippen molar-refractivity contribution in [2.45, 2.75) is 58.3 Å². The van der Waals surface area contributed by atoms with E-state index in [1.807, 2.05) is 71.1 Å². The Bertz CT molecular complexity index is 1220. The largest absolute Gasteiger partial charge is 0.484 e. The van der Waals surface area contributed by atoms with E-state index in [2.05, 4.69) is 11.9 Å². The third-order valence-corrected chi connectivity index (χ3v) is 7.16. The minimum atomic E-state index is -0.471. The predicted molar refractivity (Wildman–Crippen MR) is 163 cm³/mol. The van der Waals surface area contributed by atoms with E-state index in [0.717, 1.165) is 26.2 Å². The van der Waals surface area contributed by atoms with Crippen molar-refractivity contribution >= 4 is 23.8 Å². The molecule has 0 saturated carbocycles. The molecule has 2 amide bonds. The summed E-state index contributed by atoms with van der Waals surface area (Å²) in [5.41, 5.74) is -0.146. The second kappa shape index (κ2) is 14.7. The van der Waals surface area contributed by atoms with Crippen molar-refractivity contribution in [1.82, 2.24) is 14.7 Å². The lowest BCUT2D eigenvalue weighted by Gasteiger charge is -2.33. The Morgan fingerprint density at radius 3 is 2.55 bits per heavy atom. The second-order valence-electron chi connectivity index (χ2n) is 11.7. The Morgan fingerprint density at radius 1 is 1.24 bits per heavy atom. The van der Waals surface area contributed by atoms with Gasteiger partial charge in [-0.1, -0.05) is 35.9 Å². The lowest BCUT2D eigenvalue weighted by molar-refractivity contribution is 0.0164. The average Bonchev–Trinajstić information content (AvgIpc) is 3.30. The van der Waals surface area contributed by atoms with Gasteiger partial charge < -0.3 is 24.0 Å². The molecule has 1 unspecified atom stereocenters. The molecule has 2 saturated heterocycles. The Labute approximate surface area is 254 Å². The topological polar surface area (TPSA) is 71.6 Å². The minimum Gasteiger partial charge on any atom is -0.484 e. The summed E-state index contributed by atoms with van der Waals surface area (Å²) in [5.74, 6) is 0.355. The molecule has 1 aromatic rings. The highest BCUT2D eigenvalue weighted by atomic mass is 35.5. The molecule has 0 bridgehead atoms. The van der Waals surface area contributed by atoms with Gasteiger partial charge in [-0.3, -0.25) is 4.90 Å². The number of ether oxygens (including phenoxy) is 3. The molecular formula is C32H43ClFN3O5. The number of hydrogen-bond donors (Lipinski definition) is 0. The quantitative estimate of drug-likeness (QED) is 0.263. The van der Waals surface area contributed by atoms with Crippen molar-refractivity contribution < 1.29 is 28.2 Å². The number of amides is 2. The summed E-state index contributed by atoms with van der Waals surface area (Å²) >= 11 is 5.98. The molecule has 2 aliphatic heterocycles. The summed E-state index contributed by atoms with van der Waals surface area (Å²) in [4.78, 5) is 29.2. The van der Waals surface area contributed by atoms with E-state index in [-0.39, 0.29) is 30.2 Å². The normalized spacial score (nSPS) is 23.3. The van der Waals surface area contributed by atoms with Gasteiger partial charge in [-0.05, 0) is 83.7 Å². The second-order valence-corrected chi connectivity index (χ2v) is 12.1. The van der Waals surface area contributed by atoms with Crippen LogP contribution < -0.4 is 0 Å². The van der Waals surface area contributed by atoms with Crippen LogP contribution in [0.2, 0.25) is 0 Å². The highest BCUT2D eigenvalue weighted by molar-refractivity contribution is 6.31. The molecule has 1 aromatic carbocycles. The van der Waals surface area contributed by atoms with E-state index in [4.69, 9.17) is 25.8 Å². The molecule has 42 heavy (non-hydrogen) atoms. The molecule has 0 radical (unpaired) electrons. The summed E-state index contributed by atoms with van der Waals surface area (Å²) < 4.78 is 30.1. The third-order valence-electron chi connectivity index (χ3n) is 6.88. The number of benzene rings is 1. The monoisotopic (exact) mass is 603 g/mol. The summed E-state index contributed by atoms with van der Waals surface area (Å²) in [6, 6.07) is 5.92. The van der Waals surface area contributed by atoms with Crippen molar-refractivity contribution in [2.75, 3.05) is 46.4 Å². The van der Waals surface area contributed by atoms with E-state index in [1.54, 1.807) is 21.9 Å². The maximum atomic E-state index is 13.5. The van der Waals surface area contributed by atoms with E-state index in [9.17, 15) is 14.0 Å². The number of rotatable bonds is 6. The molecule has 0 spiro atoms. The fourth-order valence-corrected chi connectivity index (χ4v) is 4.61. The highest BCUT2D eigenvalue weighted by Gasteiger charge is 2.33. The molecular weight excluding hydrogens is 561 g/mol. The van der Waals surface area contributed by atoms with Crippen LogP contribution in [0.15, 0.2) is 71.5 Å². The first kappa shape index (κ1) is 33.2. The summed E-state index contributed by atoms with van der Waals surface area (Å²) in [6.45, 7) is 13.5. The zero-order valence-electron chi connectivity index (χ0n) is 25.4. The standard InChI is InChI=1S/C22H23ClFNO3.C10H20N2O2/c1-3-19(28-22(2)11-9-17(23)10-12-22)8-5-13-25-20(15-27-21(25)26)16-6-4-7-18(24)14-16;1-10(2,3)14-9(13)12-7-5-11(4)6-8-12/h3-11,14,20H,12-13,15H2,1-2H3;5-8H2,1-4H3/b8-5-,19-3+;/t20-,22?;/m1./s1. The molecule has 2 heterocycles. The number of nitrogens with zero attached hydrogens (tertiary/aromatic N) is 3. The molecule has 10 heteroatoms. The Morgan fingerprint density at radius 2 is 1.95 bits per heavy atom. The van der Waals surface area contributed by atoms with Gasteiger partial charge in [-0.2, -0.15) is 0 Å². The Balaban J connectivity index is 0.000000291.